The first kappa shape index (κ1) is 50.9. The Morgan fingerprint density at radius 1 is 0.238 bits per heavy atom. The van der Waals surface area contributed by atoms with Crippen LogP contribution in [0.4, 0.5) is 0 Å². The fourth-order valence-corrected chi connectivity index (χ4v) is 15.4. The van der Waals surface area contributed by atoms with E-state index in [4.69, 9.17) is 0 Å². The molecule has 14 aromatic carbocycles. The summed E-state index contributed by atoms with van der Waals surface area (Å²) in [7, 11) is 0. The molecule has 0 heteroatoms. The van der Waals surface area contributed by atoms with Gasteiger partial charge in [0.15, 0.2) is 0 Å². The van der Waals surface area contributed by atoms with Crippen LogP contribution in [-0.4, -0.2) is 0 Å². The maximum absolute atomic E-state index is 2.48. The van der Waals surface area contributed by atoms with E-state index in [-0.39, 0.29) is 21.7 Å². The fourth-order valence-electron chi connectivity index (χ4n) is 15.4. The van der Waals surface area contributed by atoms with Crippen LogP contribution in [0.5, 0.6) is 0 Å². The lowest BCUT2D eigenvalue weighted by molar-refractivity contribution is 0.591. The van der Waals surface area contributed by atoms with Gasteiger partial charge in [-0.3, -0.25) is 0 Å². The smallest absolute Gasteiger partial charge is 0.0159 e. The molecule has 406 valence electrons. The van der Waals surface area contributed by atoms with Crippen LogP contribution in [0.15, 0.2) is 206 Å². The monoisotopic (exact) mass is 1080 g/mol. The van der Waals surface area contributed by atoms with E-state index in [1.165, 1.54) is 187 Å². The van der Waals surface area contributed by atoms with Gasteiger partial charge in [0.1, 0.15) is 0 Å². The van der Waals surface area contributed by atoms with Crippen LogP contribution in [0.2, 0.25) is 0 Å². The Hall–Kier alpha value is -8.84. The van der Waals surface area contributed by atoms with Gasteiger partial charge in [0.05, 0.1) is 0 Å². The van der Waals surface area contributed by atoms with Crippen LogP contribution in [0, 0.1) is 13.8 Å². The third-order valence-electron chi connectivity index (χ3n) is 20.3. The number of fused-ring (bicyclic) bond motifs is 6. The van der Waals surface area contributed by atoms with Gasteiger partial charge in [0, 0.05) is 10.8 Å². The van der Waals surface area contributed by atoms with Gasteiger partial charge in [-0.05, 0) is 236 Å². The van der Waals surface area contributed by atoms with Gasteiger partial charge in [0.2, 0.25) is 0 Å². The highest BCUT2D eigenvalue weighted by Crippen LogP contribution is 2.54. The Balaban J connectivity index is 0.669. The van der Waals surface area contributed by atoms with E-state index in [1.807, 2.05) is 0 Å². The molecule has 0 N–H and O–H groups in total. The van der Waals surface area contributed by atoms with E-state index in [0.717, 1.165) is 0 Å². The number of rotatable bonds is 5. The molecule has 0 bridgehead atoms. The number of hydrogen-bond donors (Lipinski definition) is 0. The van der Waals surface area contributed by atoms with Crippen LogP contribution >= 0.6 is 0 Å². The summed E-state index contributed by atoms with van der Waals surface area (Å²) in [5.41, 5.74) is 28.8. The van der Waals surface area contributed by atoms with E-state index >= 15 is 0 Å². The number of hydrogen-bond acceptors (Lipinski definition) is 0. The Labute approximate surface area is 495 Å². The van der Waals surface area contributed by atoms with E-state index in [1.54, 1.807) is 0 Å². The van der Waals surface area contributed by atoms with E-state index in [9.17, 15) is 0 Å². The molecule has 0 saturated heterocycles. The molecule has 0 aliphatic heterocycles. The van der Waals surface area contributed by atoms with Crippen molar-refractivity contribution >= 4 is 64.6 Å². The van der Waals surface area contributed by atoms with Crippen molar-refractivity contribution in [3.8, 4) is 77.9 Å². The summed E-state index contributed by atoms with van der Waals surface area (Å²) in [4.78, 5) is 0. The molecule has 0 saturated carbocycles. The molecule has 14 aromatic rings. The quantitative estimate of drug-likeness (QED) is 0.151. The summed E-state index contributed by atoms with van der Waals surface area (Å²) in [6, 6.07) is 80.6. The minimum absolute atomic E-state index is 0.0874. The Morgan fingerprint density at radius 3 is 0.798 bits per heavy atom. The van der Waals surface area contributed by atoms with Gasteiger partial charge < -0.3 is 0 Å². The Morgan fingerprint density at radius 2 is 0.500 bits per heavy atom. The van der Waals surface area contributed by atoms with Crippen LogP contribution in [0.3, 0.4) is 0 Å². The second-order valence-corrected chi connectivity index (χ2v) is 28.2. The molecule has 0 atom stereocenters. The van der Waals surface area contributed by atoms with Crippen molar-refractivity contribution in [1.29, 1.82) is 0 Å². The van der Waals surface area contributed by atoms with Gasteiger partial charge in [-0.15, -0.1) is 0 Å². The highest BCUT2D eigenvalue weighted by atomic mass is 14.4. The summed E-state index contributed by atoms with van der Waals surface area (Å²) in [6.07, 6.45) is 0. The number of benzene rings is 14. The van der Waals surface area contributed by atoms with Crippen molar-refractivity contribution in [2.24, 2.45) is 0 Å². The fraction of sp³-hybridized carbons (Fsp3) is 0.190. The maximum atomic E-state index is 2.48. The third-order valence-corrected chi connectivity index (χ3v) is 20.3. The van der Waals surface area contributed by atoms with E-state index in [0.29, 0.717) is 0 Å². The van der Waals surface area contributed by atoms with Crippen molar-refractivity contribution < 1.29 is 0 Å². The second-order valence-electron chi connectivity index (χ2n) is 28.2. The lowest BCUT2D eigenvalue weighted by atomic mass is 9.79. The molecule has 0 unspecified atom stereocenters. The van der Waals surface area contributed by atoms with Crippen LogP contribution in [0.25, 0.3) is 143 Å². The molecule has 16 rings (SSSR count). The Bertz CT molecular complexity index is 4750. The predicted molar refractivity (Wildman–Crippen MR) is 363 cm³/mol. The molecular formula is C84H70. The van der Waals surface area contributed by atoms with Gasteiger partial charge >= 0.3 is 0 Å². The molecule has 0 aromatic heterocycles. The van der Waals surface area contributed by atoms with E-state index in [2.05, 4.69) is 289 Å². The average molecular weight is 1080 g/mol. The normalized spacial score (nSPS) is 14.4. The predicted octanol–water partition coefficient (Wildman–Crippen LogP) is 23.6. The van der Waals surface area contributed by atoms with Crippen molar-refractivity contribution in [2.75, 3.05) is 0 Å². The molecule has 2 aliphatic carbocycles. The molecule has 0 heterocycles. The first-order valence-corrected chi connectivity index (χ1v) is 30.5. The zero-order valence-corrected chi connectivity index (χ0v) is 50.6. The molecule has 0 fully saturated rings. The molecule has 84 heavy (non-hydrogen) atoms. The molecule has 2 aliphatic rings. The topological polar surface area (TPSA) is 0 Å². The standard InChI is InChI=1S/C84H70/c1-47-37-71(69-35-27-59-41-61(81(3,4)5)39-57-25-29-63(47)79(69)77(57)59)51-17-13-49(14-18-51)53-21-31-65-67-33-23-55(45-75(67)83(9,10)73(65)43-53)56-24-34-68-66-32-22-54(44-74(66)84(11,12)76(68)46-56)50-15-19-52(20-16-50)72-38-48(2)64-30-26-58-40-62(82(6,7)8)42-60-28-36-70(72)80(64)78(58)60/h13-46H,1-12H3. The lowest BCUT2D eigenvalue weighted by Crippen LogP contribution is -2.15. The highest BCUT2D eigenvalue weighted by Gasteiger charge is 2.38. The summed E-state index contributed by atoms with van der Waals surface area (Å²) in [5, 5.41) is 16.2. The highest BCUT2D eigenvalue weighted by molar-refractivity contribution is 6.27. The van der Waals surface area contributed by atoms with E-state index < -0.39 is 0 Å². The average Bonchev–Trinajstić information content (AvgIpc) is 1.12. The molecule has 0 spiro atoms. The van der Waals surface area contributed by atoms with Gasteiger partial charge in [-0.1, -0.05) is 251 Å². The first-order valence-electron chi connectivity index (χ1n) is 30.5. The molecule has 0 nitrogen and oxygen atoms in total. The maximum Gasteiger partial charge on any atom is 0.0159 e. The summed E-state index contributed by atoms with van der Waals surface area (Å²) in [6.45, 7) is 28.1. The molecule has 0 amide bonds. The Kier molecular flexibility index (Phi) is 10.5. The zero-order chi connectivity index (χ0) is 57.7. The van der Waals surface area contributed by atoms with Crippen molar-refractivity contribution in [1.82, 2.24) is 0 Å². The molecule has 0 radical (unpaired) electrons. The van der Waals surface area contributed by atoms with Crippen molar-refractivity contribution in [2.45, 2.75) is 105 Å². The summed E-state index contributed by atoms with van der Waals surface area (Å²) >= 11 is 0. The second kappa shape index (κ2) is 17.4. The van der Waals surface area contributed by atoms with Crippen LogP contribution in [-0.2, 0) is 21.7 Å². The largest absolute Gasteiger partial charge is 0.0561 e. The van der Waals surface area contributed by atoms with Gasteiger partial charge in [-0.2, -0.15) is 0 Å². The number of aryl methyl sites for hydroxylation is 2. The van der Waals surface area contributed by atoms with Gasteiger partial charge in [0.25, 0.3) is 0 Å². The van der Waals surface area contributed by atoms with Gasteiger partial charge in [-0.25, -0.2) is 0 Å². The lowest BCUT2D eigenvalue weighted by Gasteiger charge is -2.24. The van der Waals surface area contributed by atoms with Crippen LogP contribution in [0.1, 0.15) is 114 Å². The summed E-state index contributed by atoms with van der Waals surface area (Å²) in [5.74, 6) is 0. The first-order chi connectivity index (χ1) is 40.2. The minimum Gasteiger partial charge on any atom is -0.0561 e. The zero-order valence-electron chi connectivity index (χ0n) is 50.6. The SMILES string of the molecule is Cc1cc(-c2ccc(-c3ccc4c(c3)C(C)(C)c3cc(-c5ccc6c(c5)C(C)(C)c5cc(-c7ccc(-c8cc(C)c9ccc%10cc(C(C)(C)C)cc%11ccc8c9c%10%11)cc7)ccc5-6)ccc3-4)cc2)c2ccc3cc(C(C)(C)C)cc4ccc1c2c43. The molecular weight excluding hydrogens is 1010 g/mol. The van der Waals surface area contributed by atoms with Crippen molar-refractivity contribution in [3.05, 3.63) is 251 Å². The third kappa shape index (κ3) is 7.38. The van der Waals surface area contributed by atoms with Crippen molar-refractivity contribution in [3.63, 3.8) is 0 Å². The van der Waals surface area contributed by atoms with Crippen LogP contribution < -0.4 is 0 Å². The summed E-state index contributed by atoms with van der Waals surface area (Å²) < 4.78 is 0. The minimum atomic E-state index is -0.165.